The monoisotopic (exact) mass is 727 g/mol. The summed E-state index contributed by atoms with van der Waals surface area (Å²) in [5.74, 6) is 0. The van der Waals surface area contributed by atoms with E-state index in [1.165, 1.54) is 21.7 Å². The number of para-hydroxylation sites is 3. The normalized spacial score (nSPS) is 11.5. The molecule has 11 rings (SSSR count). The zero-order valence-corrected chi connectivity index (χ0v) is 30.8. The van der Waals surface area contributed by atoms with E-state index in [0.717, 1.165) is 83.8 Å². The molecule has 0 aliphatic rings. The highest BCUT2D eigenvalue weighted by atomic mass is 15.0. The van der Waals surface area contributed by atoms with Gasteiger partial charge in [-0.1, -0.05) is 121 Å². The Morgan fingerprint density at radius 1 is 0.333 bits per heavy atom. The van der Waals surface area contributed by atoms with Crippen molar-refractivity contribution < 1.29 is 0 Å². The number of aromatic nitrogens is 5. The highest BCUT2D eigenvalue weighted by Gasteiger charge is 2.19. The van der Waals surface area contributed by atoms with Crippen LogP contribution in [0.5, 0.6) is 0 Å². The summed E-state index contributed by atoms with van der Waals surface area (Å²) in [6, 6.07) is 66.0. The quantitative estimate of drug-likeness (QED) is 0.160. The van der Waals surface area contributed by atoms with Gasteiger partial charge in [0.15, 0.2) is 0 Å². The molecule has 0 saturated carbocycles. The highest BCUT2D eigenvalue weighted by molar-refractivity contribution is 6.21. The molecule has 0 saturated heterocycles. The first-order chi connectivity index (χ1) is 28.3. The first-order valence-electron chi connectivity index (χ1n) is 19.1. The van der Waals surface area contributed by atoms with Gasteiger partial charge >= 0.3 is 0 Å². The fourth-order valence-corrected chi connectivity index (χ4v) is 8.22. The fraction of sp³-hybridized carbons (Fsp3) is 0. The second-order valence-corrected chi connectivity index (χ2v) is 14.3. The van der Waals surface area contributed by atoms with Crippen LogP contribution in [0.1, 0.15) is 0 Å². The van der Waals surface area contributed by atoms with Crippen LogP contribution in [0.2, 0.25) is 0 Å². The van der Waals surface area contributed by atoms with Crippen molar-refractivity contribution >= 4 is 43.5 Å². The second kappa shape index (κ2) is 13.5. The summed E-state index contributed by atoms with van der Waals surface area (Å²) in [6.07, 6.45) is 3.60. The van der Waals surface area contributed by atoms with Gasteiger partial charge in [0.05, 0.1) is 45.0 Å². The van der Waals surface area contributed by atoms with Gasteiger partial charge in [0, 0.05) is 50.8 Å². The Bertz CT molecular complexity index is 3190. The molecule has 11 aromatic rings. The SMILES string of the molecule is c1ccc(-c2nc3c(-c4ccc(-c5cc(-c6ccccn6)nc(-c6ccccn6)c5)cc4)cccc3c3cc4c5ccccc5n(-c5ccccc5)c4cc23)cc1. The van der Waals surface area contributed by atoms with E-state index in [4.69, 9.17) is 9.97 Å². The lowest BCUT2D eigenvalue weighted by Gasteiger charge is -2.15. The standard InChI is InChI=1S/C52H33N5/c1-3-14-36(15-4-1)51-44-33-50-43(40-18-7-8-23-49(40)57(50)38-16-5-2-6-17-38)32-42(44)41-20-13-19-39(52(41)56-51)35-26-24-34(25-27-35)37-30-47(45-21-9-11-28-53-45)55-48(31-37)46-22-10-12-29-54-46/h1-33H. The lowest BCUT2D eigenvalue weighted by atomic mass is 9.94. The number of hydrogen-bond acceptors (Lipinski definition) is 4. The van der Waals surface area contributed by atoms with Crippen LogP contribution in [0, 0.1) is 0 Å². The van der Waals surface area contributed by atoms with Crippen LogP contribution in [0.3, 0.4) is 0 Å². The first-order valence-corrected chi connectivity index (χ1v) is 19.1. The summed E-state index contributed by atoms with van der Waals surface area (Å²) in [7, 11) is 0. The van der Waals surface area contributed by atoms with Gasteiger partial charge in [0.25, 0.3) is 0 Å². The van der Waals surface area contributed by atoms with Crippen LogP contribution in [0.15, 0.2) is 200 Å². The Labute approximate surface area is 329 Å². The topological polar surface area (TPSA) is 56.5 Å². The third-order valence-corrected chi connectivity index (χ3v) is 10.9. The molecule has 0 aliphatic carbocycles. The molecule has 6 aromatic carbocycles. The smallest absolute Gasteiger partial charge is 0.0900 e. The van der Waals surface area contributed by atoms with E-state index in [0.29, 0.717) is 0 Å². The molecule has 0 bridgehead atoms. The molecule has 0 radical (unpaired) electrons. The maximum Gasteiger partial charge on any atom is 0.0900 e. The predicted octanol–water partition coefficient (Wildman–Crippen LogP) is 13.0. The lowest BCUT2D eigenvalue weighted by molar-refractivity contribution is 1.18. The molecular weight excluding hydrogens is 695 g/mol. The van der Waals surface area contributed by atoms with Crippen molar-refractivity contribution in [3.05, 3.63) is 200 Å². The lowest BCUT2D eigenvalue weighted by Crippen LogP contribution is -1.95. The van der Waals surface area contributed by atoms with Crippen LogP contribution in [-0.2, 0) is 0 Å². The number of benzene rings is 6. The van der Waals surface area contributed by atoms with Crippen molar-refractivity contribution in [1.29, 1.82) is 0 Å². The van der Waals surface area contributed by atoms with Crippen molar-refractivity contribution in [2.45, 2.75) is 0 Å². The Morgan fingerprint density at radius 2 is 0.965 bits per heavy atom. The molecule has 0 spiro atoms. The van der Waals surface area contributed by atoms with E-state index in [1.807, 2.05) is 36.4 Å². The van der Waals surface area contributed by atoms with Crippen LogP contribution in [0.25, 0.3) is 105 Å². The maximum absolute atomic E-state index is 5.55. The first kappa shape index (κ1) is 32.7. The van der Waals surface area contributed by atoms with Crippen LogP contribution in [-0.4, -0.2) is 24.5 Å². The molecule has 0 amide bonds. The Morgan fingerprint density at radius 3 is 1.67 bits per heavy atom. The van der Waals surface area contributed by atoms with E-state index in [2.05, 4.69) is 166 Å². The third kappa shape index (κ3) is 5.64. The van der Waals surface area contributed by atoms with Gasteiger partial charge in [-0.25, -0.2) is 9.97 Å². The van der Waals surface area contributed by atoms with Crippen molar-refractivity contribution in [1.82, 2.24) is 24.5 Å². The summed E-state index contributed by atoms with van der Waals surface area (Å²) in [6.45, 7) is 0. The summed E-state index contributed by atoms with van der Waals surface area (Å²) >= 11 is 0. The van der Waals surface area contributed by atoms with Gasteiger partial charge in [-0.15, -0.1) is 0 Å². The summed E-state index contributed by atoms with van der Waals surface area (Å²) < 4.78 is 2.38. The minimum atomic E-state index is 0.803. The molecular formula is C52H33N5. The van der Waals surface area contributed by atoms with Gasteiger partial charge in [-0.3, -0.25) is 9.97 Å². The van der Waals surface area contributed by atoms with Crippen molar-refractivity contribution in [3.63, 3.8) is 0 Å². The Kier molecular flexibility index (Phi) is 7.74. The van der Waals surface area contributed by atoms with E-state index in [-0.39, 0.29) is 0 Å². The molecule has 0 fully saturated rings. The van der Waals surface area contributed by atoms with Gasteiger partial charge in [-0.2, -0.15) is 0 Å². The van der Waals surface area contributed by atoms with Crippen LogP contribution < -0.4 is 0 Å². The Hall–Kier alpha value is -7.76. The average molecular weight is 728 g/mol. The van der Waals surface area contributed by atoms with Crippen LogP contribution in [0.4, 0.5) is 0 Å². The van der Waals surface area contributed by atoms with Crippen LogP contribution >= 0.6 is 0 Å². The molecule has 0 unspecified atom stereocenters. The van der Waals surface area contributed by atoms with Gasteiger partial charge < -0.3 is 4.57 Å². The minimum Gasteiger partial charge on any atom is -0.309 e. The van der Waals surface area contributed by atoms with E-state index in [1.54, 1.807) is 12.4 Å². The number of rotatable bonds is 6. The maximum atomic E-state index is 5.55. The third-order valence-electron chi connectivity index (χ3n) is 10.9. The van der Waals surface area contributed by atoms with E-state index < -0.39 is 0 Å². The number of nitrogens with zero attached hydrogens (tertiary/aromatic N) is 5. The fourth-order valence-electron chi connectivity index (χ4n) is 8.22. The number of hydrogen-bond donors (Lipinski definition) is 0. The van der Waals surface area contributed by atoms with Gasteiger partial charge in [-0.05, 0) is 88.8 Å². The minimum absolute atomic E-state index is 0.803. The zero-order valence-electron chi connectivity index (χ0n) is 30.8. The number of pyridine rings is 4. The van der Waals surface area contributed by atoms with E-state index >= 15 is 0 Å². The van der Waals surface area contributed by atoms with Crippen molar-refractivity contribution in [2.75, 3.05) is 0 Å². The molecule has 266 valence electrons. The number of fused-ring (bicyclic) bond motifs is 6. The van der Waals surface area contributed by atoms with E-state index in [9.17, 15) is 0 Å². The Balaban J connectivity index is 1.10. The molecule has 57 heavy (non-hydrogen) atoms. The summed E-state index contributed by atoms with van der Waals surface area (Å²) in [4.78, 5) is 19.7. The summed E-state index contributed by atoms with van der Waals surface area (Å²) in [5.41, 5.74) is 14.1. The zero-order chi connectivity index (χ0) is 37.7. The molecule has 5 nitrogen and oxygen atoms in total. The van der Waals surface area contributed by atoms with Crippen molar-refractivity contribution in [2.24, 2.45) is 0 Å². The molecule has 5 heterocycles. The van der Waals surface area contributed by atoms with Gasteiger partial charge in [0.1, 0.15) is 0 Å². The van der Waals surface area contributed by atoms with Gasteiger partial charge in [0.2, 0.25) is 0 Å². The summed E-state index contributed by atoms with van der Waals surface area (Å²) in [5, 5.41) is 5.87. The van der Waals surface area contributed by atoms with Crippen molar-refractivity contribution in [3.8, 4) is 62.0 Å². The molecule has 0 aliphatic heterocycles. The largest absolute Gasteiger partial charge is 0.309 e. The molecule has 0 atom stereocenters. The molecule has 0 N–H and O–H groups in total. The average Bonchev–Trinajstić information content (AvgIpc) is 3.62. The predicted molar refractivity (Wildman–Crippen MR) is 234 cm³/mol. The molecule has 5 heteroatoms. The highest BCUT2D eigenvalue weighted by Crippen LogP contribution is 2.42. The second-order valence-electron chi connectivity index (χ2n) is 14.3. The molecule has 5 aromatic heterocycles.